The molecular weight excluding hydrogens is 358 g/mol. The maximum absolute atomic E-state index is 10.7. The molecule has 2 aromatic rings. The van der Waals surface area contributed by atoms with Crippen LogP contribution in [0.5, 0.6) is 0 Å². The Morgan fingerprint density at radius 3 is 2.39 bits per heavy atom. The van der Waals surface area contributed by atoms with Gasteiger partial charge in [-0.15, -0.1) is 0 Å². The van der Waals surface area contributed by atoms with Gasteiger partial charge in [-0.05, 0) is 44.8 Å². The number of amidine groups is 2. The molecular formula is C17H18BrN3O2. The highest BCUT2D eigenvalue weighted by Gasteiger charge is 2.16. The third-order valence-corrected chi connectivity index (χ3v) is 4.13. The van der Waals surface area contributed by atoms with Gasteiger partial charge in [0.1, 0.15) is 5.84 Å². The van der Waals surface area contributed by atoms with Gasteiger partial charge in [-0.25, -0.2) is 0 Å². The van der Waals surface area contributed by atoms with Crippen LogP contribution in [0, 0.1) is 17.7 Å². The Morgan fingerprint density at radius 1 is 1.13 bits per heavy atom. The predicted molar refractivity (Wildman–Crippen MR) is 95.5 cm³/mol. The summed E-state index contributed by atoms with van der Waals surface area (Å²) in [5, 5.41) is 26.9. The van der Waals surface area contributed by atoms with Crippen molar-refractivity contribution < 1.29 is 9.90 Å². The maximum atomic E-state index is 10.7. The van der Waals surface area contributed by atoms with Crippen molar-refractivity contribution in [1.82, 2.24) is 4.90 Å². The van der Waals surface area contributed by atoms with E-state index in [0.717, 1.165) is 16.3 Å². The normalized spacial score (nSPS) is 10.5. The predicted octanol–water partition coefficient (Wildman–Crippen LogP) is 4.12. The molecule has 0 saturated carbocycles. The Balaban J connectivity index is 2.31. The van der Waals surface area contributed by atoms with Crippen LogP contribution in [0.3, 0.4) is 0 Å². The van der Waals surface area contributed by atoms with Crippen LogP contribution in [0.4, 0.5) is 0 Å². The Hall–Kier alpha value is -2.21. The molecule has 23 heavy (non-hydrogen) atoms. The molecule has 0 aliphatic rings. The van der Waals surface area contributed by atoms with Crippen LogP contribution in [0.1, 0.15) is 24.0 Å². The quantitative estimate of drug-likeness (QED) is 0.417. The van der Waals surface area contributed by atoms with Gasteiger partial charge in [0.15, 0.2) is 4.74 Å². The molecule has 0 saturated heterocycles. The van der Waals surface area contributed by atoms with Crippen molar-refractivity contribution in [2.75, 3.05) is 0 Å². The highest BCUT2D eigenvalue weighted by atomic mass is 79.9. The highest BCUT2D eigenvalue weighted by Crippen LogP contribution is 2.24. The second-order valence-corrected chi connectivity index (χ2v) is 6.06. The maximum Gasteiger partial charge on any atom is 0.303 e. The molecule has 0 fully saturated rings. The van der Waals surface area contributed by atoms with Crippen molar-refractivity contribution in [3.63, 3.8) is 0 Å². The molecule has 0 heterocycles. The van der Waals surface area contributed by atoms with Crippen molar-refractivity contribution >= 4 is 43.3 Å². The Bertz CT molecular complexity index is 774. The van der Waals surface area contributed by atoms with Gasteiger partial charge in [0.25, 0.3) is 0 Å². The van der Waals surface area contributed by atoms with Crippen molar-refractivity contribution in [3.05, 3.63) is 47.5 Å². The molecule has 0 amide bonds. The van der Waals surface area contributed by atoms with Crippen molar-refractivity contribution in [2.24, 2.45) is 0 Å². The second kappa shape index (κ2) is 7.37. The molecule has 0 aliphatic carbocycles. The van der Waals surface area contributed by atoms with Crippen LogP contribution in [0.15, 0.2) is 36.4 Å². The minimum absolute atomic E-state index is 0.0533. The van der Waals surface area contributed by atoms with Crippen LogP contribution >= 0.6 is 15.9 Å². The molecule has 0 spiro atoms. The van der Waals surface area contributed by atoms with Gasteiger partial charge in [-0.2, -0.15) is 0 Å². The summed E-state index contributed by atoms with van der Waals surface area (Å²) in [6.07, 6.45) is -0.0304. The van der Waals surface area contributed by atoms with Gasteiger partial charge in [0.2, 0.25) is 0 Å². The summed E-state index contributed by atoms with van der Waals surface area (Å²) in [5.74, 6) is -0.837. The minimum Gasteiger partial charge on any atom is -0.481 e. The first-order valence-corrected chi connectivity index (χ1v) is 7.97. The summed E-state index contributed by atoms with van der Waals surface area (Å²) in [6, 6.07) is 12.0. The lowest BCUT2D eigenvalue weighted by atomic mass is 10.00. The van der Waals surface area contributed by atoms with E-state index in [9.17, 15) is 4.79 Å². The average Bonchev–Trinajstić information content (AvgIpc) is 2.52. The molecule has 3 N–H and O–H groups in total. The third-order valence-electron chi connectivity index (χ3n) is 3.70. The van der Waals surface area contributed by atoms with E-state index in [1.807, 2.05) is 43.3 Å². The van der Waals surface area contributed by atoms with E-state index in [1.165, 1.54) is 10.5 Å². The van der Waals surface area contributed by atoms with Gasteiger partial charge in [-0.3, -0.25) is 15.6 Å². The van der Waals surface area contributed by atoms with Crippen molar-refractivity contribution in [1.29, 1.82) is 10.8 Å². The molecule has 0 bridgehead atoms. The summed E-state index contributed by atoms with van der Waals surface area (Å²) in [5.41, 5.74) is 2.17. The highest BCUT2D eigenvalue weighted by molar-refractivity contribution is 9.18. The number of carboxylic acid groups (broad SMARTS) is 1. The third kappa shape index (κ3) is 4.16. The van der Waals surface area contributed by atoms with Crippen LogP contribution in [0.2, 0.25) is 0 Å². The first kappa shape index (κ1) is 17.1. The van der Waals surface area contributed by atoms with Crippen LogP contribution in [0.25, 0.3) is 10.8 Å². The molecule has 120 valence electrons. The second-order valence-electron chi connectivity index (χ2n) is 5.30. The fourth-order valence-corrected chi connectivity index (χ4v) is 2.80. The van der Waals surface area contributed by atoms with E-state index in [2.05, 4.69) is 15.9 Å². The fourth-order valence-electron chi connectivity index (χ4n) is 2.46. The van der Waals surface area contributed by atoms with Gasteiger partial charge >= 0.3 is 5.97 Å². The largest absolute Gasteiger partial charge is 0.481 e. The zero-order chi connectivity index (χ0) is 17.0. The van der Waals surface area contributed by atoms with E-state index in [4.69, 9.17) is 15.9 Å². The molecule has 6 heteroatoms. The number of aliphatic carboxylic acids is 1. The van der Waals surface area contributed by atoms with E-state index in [-0.39, 0.29) is 23.4 Å². The lowest BCUT2D eigenvalue weighted by molar-refractivity contribution is -0.136. The van der Waals surface area contributed by atoms with Gasteiger partial charge < -0.3 is 10.0 Å². The number of aryl methyl sites for hydroxylation is 1. The fraction of sp³-hybridized carbons (Fsp3) is 0.235. The zero-order valence-corrected chi connectivity index (χ0v) is 14.4. The Labute approximate surface area is 143 Å². The van der Waals surface area contributed by atoms with Crippen LogP contribution in [-0.2, 0) is 11.3 Å². The topological polar surface area (TPSA) is 88.2 Å². The number of hydrogen-bond donors (Lipinski definition) is 3. The van der Waals surface area contributed by atoms with E-state index < -0.39 is 5.97 Å². The Morgan fingerprint density at radius 2 is 1.78 bits per heavy atom. The molecule has 0 aliphatic heterocycles. The molecule has 2 rings (SSSR count). The number of benzene rings is 2. The Kier molecular flexibility index (Phi) is 5.50. The molecule has 0 atom stereocenters. The standard InChI is InChI=1S/C17H18BrN3O2/c1-11-6-7-12(14-5-3-2-4-13(11)14)10-21(17(18)20)15(19)8-9-16(22)23/h2-7,19-20H,8-10H2,1H3,(H,22,23). The smallest absolute Gasteiger partial charge is 0.303 e. The summed E-state index contributed by atoms with van der Waals surface area (Å²) >= 11 is 3.11. The number of fused-ring (bicyclic) bond motifs is 1. The first-order chi connectivity index (χ1) is 10.9. The monoisotopic (exact) mass is 375 g/mol. The molecule has 5 nitrogen and oxygen atoms in total. The number of halogens is 1. The summed E-state index contributed by atoms with van der Waals surface area (Å²) in [7, 11) is 0. The number of nitrogens with zero attached hydrogens (tertiary/aromatic N) is 1. The number of carboxylic acids is 1. The molecule has 0 radical (unpaired) electrons. The molecule has 2 aromatic carbocycles. The van der Waals surface area contributed by atoms with Crippen molar-refractivity contribution in [3.8, 4) is 0 Å². The first-order valence-electron chi connectivity index (χ1n) is 7.18. The zero-order valence-electron chi connectivity index (χ0n) is 12.8. The summed E-state index contributed by atoms with van der Waals surface area (Å²) in [6.45, 7) is 2.40. The average molecular weight is 376 g/mol. The number of nitrogens with one attached hydrogen (secondary N) is 2. The molecule has 0 unspecified atom stereocenters. The van der Waals surface area contributed by atoms with E-state index >= 15 is 0 Å². The minimum atomic E-state index is -0.948. The van der Waals surface area contributed by atoms with Gasteiger partial charge in [0, 0.05) is 6.42 Å². The van der Waals surface area contributed by atoms with Crippen LogP contribution < -0.4 is 0 Å². The lowest BCUT2D eigenvalue weighted by Crippen LogP contribution is -2.32. The number of hydrogen-bond acceptors (Lipinski definition) is 3. The SMILES string of the molecule is Cc1ccc(CN(C(=N)Br)C(=N)CCC(=O)O)c2ccccc12. The number of carbonyl (C=O) groups is 1. The lowest BCUT2D eigenvalue weighted by Gasteiger charge is -2.23. The van der Waals surface area contributed by atoms with Crippen LogP contribution in [-0.4, -0.2) is 26.6 Å². The van der Waals surface area contributed by atoms with Gasteiger partial charge in [-0.1, -0.05) is 36.4 Å². The number of rotatable bonds is 5. The van der Waals surface area contributed by atoms with E-state index in [1.54, 1.807) is 0 Å². The van der Waals surface area contributed by atoms with E-state index in [0.29, 0.717) is 6.54 Å². The van der Waals surface area contributed by atoms with Crippen molar-refractivity contribution in [2.45, 2.75) is 26.3 Å². The summed E-state index contributed by atoms with van der Waals surface area (Å²) in [4.78, 5) is 12.2. The molecule has 0 aromatic heterocycles. The summed E-state index contributed by atoms with van der Waals surface area (Å²) < 4.78 is 0.0533. The van der Waals surface area contributed by atoms with Gasteiger partial charge in [0.05, 0.1) is 13.0 Å².